The molecule has 4 atom stereocenters. The Kier molecular flexibility index (Phi) is 5.27. The molecule has 1 saturated carbocycles. The fourth-order valence-corrected chi connectivity index (χ4v) is 3.82. The van der Waals surface area contributed by atoms with E-state index in [0.29, 0.717) is 18.3 Å². The number of hydrogen-bond acceptors (Lipinski definition) is 3. The van der Waals surface area contributed by atoms with Crippen LogP contribution >= 0.6 is 0 Å². The molecule has 0 aromatic carbocycles. The van der Waals surface area contributed by atoms with Gasteiger partial charge in [-0.1, -0.05) is 6.92 Å². The van der Waals surface area contributed by atoms with Gasteiger partial charge in [-0.05, 0) is 25.2 Å². The van der Waals surface area contributed by atoms with Crippen molar-refractivity contribution in [2.75, 3.05) is 19.5 Å². The fraction of sp³-hybridized carbons (Fsp3) is 0.909. The van der Waals surface area contributed by atoms with Gasteiger partial charge in [-0.2, -0.15) is 5.26 Å². The first kappa shape index (κ1) is 12.7. The van der Waals surface area contributed by atoms with E-state index in [1.807, 2.05) is 0 Å². The third-order valence-corrected chi connectivity index (χ3v) is 4.81. The van der Waals surface area contributed by atoms with Crippen molar-refractivity contribution in [2.45, 2.75) is 31.4 Å². The summed E-state index contributed by atoms with van der Waals surface area (Å²) in [5.74, 6) is 1.15. The van der Waals surface area contributed by atoms with Crippen LogP contribution in [0.4, 0.5) is 0 Å². The van der Waals surface area contributed by atoms with Crippen LogP contribution in [0.2, 0.25) is 0 Å². The molecule has 1 rings (SSSR count). The first-order chi connectivity index (χ1) is 7.19. The van der Waals surface area contributed by atoms with Gasteiger partial charge in [0, 0.05) is 23.7 Å². The average Bonchev–Trinajstić information content (AvgIpc) is 2.25. The van der Waals surface area contributed by atoms with Crippen molar-refractivity contribution >= 4 is 10.8 Å². The molecule has 0 radical (unpaired) electrons. The Morgan fingerprint density at radius 2 is 2.27 bits per heavy atom. The van der Waals surface area contributed by atoms with Gasteiger partial charge in [0.15, 0.2) is 0 Å². The summed E-state index contributed by atoms with van der Waals surface area (Å²) in [5, 5.41) is 9.07. The summed E-state index contributed by atoms with van der Waals surface area (Å²) in [7, 11) is 0.709. The second-order valence-corrected chi connectivity index (χ2v) is 6.05. The van der Waals surface area contributed by atoms with Crippen molar-refractivity contribution in [1.82, 2.24) is 0 Å². The van der Waals surface area contributed by atoms with Gasteiger partial charge in [0.05, 0.1) is 23.8 Å². The van der Waals surface area contributed by atoms with Gasteiger partial charge in [0.25, 0.3) is 0 Å². The summed E-state index contributed by atoms with van der Waals surface area (Å²) in [6.45, 7) is 2.70. The molecule has 1 fully saturated rings. The zero-order valence-electron chi connectivity index (χ0n) is 9.44. The van der Waals surface area contributed by atoms with Crippen LogP contribution in [-0.4, -0.2) is 28.9 Å². The lowest BCUT2D eigenvalue weighted by molar-refractivity contribution is 0.217. The fourth-order valence-electron chi connectivity index (χ4n) is 2.08. The maximum absolute atomic E-state index is 12.0. The van der Waals surface area contributed by atoms with Crippen LogP contribution in [0, 0.1) is 23.2 Å². The summed E-state index contributed by atoms with van der Waals surface area (Å²) in [6, 6.07) is 2.30. The summed E-state index contributed by atoms with van der Waals surface area (Å²) in [5.41, 5.74) is 0. The molecule has 0 amide bonds. The molecule has 0 spiro atoms. The topological polar surface area (TPSA) is 50.1 Å². The van der Waals surface area contributed by atoms with Crippen molar-refractivity contribution < 1.29 is 8.95 Å². The quantitative estimate of drug-likeness (QED) is 0.737. The smallest absolute Gasteiger partial charge is 0.0668 e. The molecule has 0 aromatic rings. The van der Waals surface area contributed by atoms with E-state index in [9.17, 15) is 4.21 Å². The summed E-state index contributed by atoms with van der Waals surface area (Å²) >= 11 is 0. The molecule has 0 aliphatic heterocycles. The molecule has 15 heavy (non-hydrogen) atoms. The van der Waals surface area contributed by atoms with E-state index >= 15 is 0 Å². The second kappa shape index (κ2) is 6.24. The van der Waals surface area contributed by atoms with Crippen LogP contribution < -0.4 is 0 Å². The number of nitrogens with zero attached hydrogens (tertiary/aromatic N) is 1. The third kappa shape index (κ3) is 3.58. The Hall–Kier alpha value is -0.400. The van der Waals surface area contributed by atoms with Gasteiger partial charge in [0.1, 0.15) is 0 Å². The molecule has 1 aliphatic rings. The predicted octanol–water partition coefficient (Wildman–Crippen LogP) is 1.71. The standard InChI is InChI=1S/C11H19NO2S/c1-9-3-4-10(8-12)11(7-9)15(13)6-5-14-2/h9-11H,3-7H2,1-2H3. The molecule has 4 heteroatoms. The minimum Gasteiger partial charge on any atom is -0.384 e. The van der Waals surface area contributed by atoms with Gasteiger partial charge in [-0.15, -0.1) is 0 Å². The van der Waals surface area contributed by atoms with Crippen molar-refractivity contribution in [3.8, 4) is 6.07 Å². The summed E-state index contributed by atoms with van der Waals surface area (Å²) < 4.78 is 16.9. The van der Waals surface area contributed by atoms with Gasteiger partial charge in [0.2, 0.25) is 0 Å². The van der Waals surface area contributed by atoms with Crippen LogP contribution in [-0.2, 0) is 15.5 Å². The normalized spacial score (nSPS) is 33.3. The number of rotatable bonds is 4. The Morgan fingerprint density at radius 1 is 1.53 bits per heavy atom. The molecule has 0 aromatic heterocycles. The van der Waals surface area contributed by atoms with E-state index in [-0.39, 0.29) is 11.2 Å². The van der Waals surface area contributed by atoms with Gasteiger partial charge >= 0.3 is 0 Å². The average molecular weight is 229 g/mol. The number of ether oxygens (including phenoxy) is 1. The molecule has 4 unspecified atom stereocenters. The Bertz CT molecular complexity index is 262. The van der Waals surface area contributed by atoms with Crippen LogP contribution in [0.25, 0.3) is 0 Å². The minimum absolute atomic E-state index is 0.0149. The monoisotopic (exact) mass is 229 g/mol. The highest BCUT2D eigenvalue weighted by atomic mass is 32.2. The second-order valence-electron chi connectivity index (χ2n) is 4.27. The molecule has 0 heterocycles. The largest absolute Gasteiger partial charge is 0.384 e. The van der Waals surface area contributed by atoms with E-state index in [1.165, 1.54) is 0 Å². The molecule has 0 saturated heterocycles. The first-order valence-corrected chi connectivity index (χ1v) is 6.83. The van der Waals surface area contributed by atoms with Crippen molar-refractivity contribution in [3.63, 3.8) is 0 Å². The Labute approximate surface area is 94.3 Å². The van der Waals surface area contributed by atoms with E-state index < -0.39 is 10.8 Å². The number of hydrogen-bond donors (Lipinski definition) is 0. The zero-order valence-corrected chi connectivity index (χ0v) is 10.3. The van der Waals surface area contributed by atoms with Gasteiger partial charge in [-0.3, -0.25) is 4.21 Å². The molecule has 3 nitrogen and oxygen atoms in total. The molecule has 1 aliphatic carbocycles. The third-order valence-electron chi connectivity index (χ3n) is 3.05. The highest BCUT2D eigenvalue weighted by Gasteiger charge is 2.32. The maximum atomic E-state index is 12.0. The molecular weight excluding hydrogens is 210 g/mol. The Balaban J connectivity index is 2.55. The highest BCUT2D eigenvalue weighted by Crippen LogP contribution is 2.31. The predicted molar refractivity (Wildman–Crippen MR) is 60.8 cm³/mol. The van der Waals surface area contributed by atoms with Crippen LogP contribution in [0.3, 0.4) is 0 Å². The highest BCUT2D eigenvalue weighted by molar-refractivity contribution is 7.85. The number of methoxy groups -OCH3 is 1. The van der Waals surface area contributed by atoms with E-state index in [2.05, 4.69) is 13.0 Å². The zero-order chi connectivity index (χ0) is 11.3. The molecule has 0 N–H and O–H groups in total. The maximum Gasteiger partial charge on any atom is 0.0668 e. The first-order valence-electron chi connectivity index (χ1n) is 5.44. The summed E-state index contributed by atoms with van der Waals surface area (Å²) in [4.78, 5) is 0. The summed E-state index contributed by atoms with van der Waals surface area (Å²) in [6.07, 6.45) is 2.92. The van der Waals surface area contributed by atoms with E-state index in [1.54, 1.807) is 7.11 Å². The van der Waals surface area contributed by atoms with Crippen molar-refractivity contribution in [3.05, 3.63) is 0 Å². The lowest BCUT2D eigenvalue weighted by atomic mass is 9.83. The van der Waals surface area contributed by atoms with E-state index in [4.69, 9.17) is 10.00 Å². The van der Waals surface area contributed by atoms with Gasteiger partial charge in [-0.25, -0.2) is 0 Å². The Morgan fingerprint density at radius 3 is 2.87 bits per heavy atom. The van der Waals surface area contributed by atoms with Crippen LogP contribution in [0.5, 0.6) is 0 Å². The molecular formula is C11H19NO2S. The van der Waals surface area contributed by atoms with Crippen molar-refractivity contribution in [2.24, 2.45) is 11.8 Å². The van der Waals surface area contributed by atoms with Crippen LogP contribution in [0.1, 0.15) is 26.2 Å². The number of nitriles is 1. The minimum atomic E-state index is -0.904. The van der Waals surface area contributed by atoms with Crippen molar-refractivity contribution in [1.29, 1.82) is 5.26 Å². The lowest BCUT2D eigenvalue weighted by Crippen LogP contribution is -2.33. The van der Waals surface area contributed by atoms with Gasteiger partial charge < -0.3 is 4.74 Å². The lowest BCUT2D eigenvalue weighted by Gasteiger charge is -2.30. The molecule has 0 bridgehead atoms. The van der Waals surface area contributed by atoms with Crippen LogP contribution in [0.15, 0.2) is 0 Å². The SMILES string of the molecule is COCCS(=O)C1CC(C)CCC1C#N. The molecule has 86 valence electrons. The van der Waals surface area contributed by atoms with E-state index in [0.717, 1.165) is 19.3 Å².